The van der Waals surface area contributed by atoms with E-state index < -0.39 is 0 Å². The predicted octanol–water partition coefficient (Wildman–Crippen LogP) is 1.22. The van der Waals surface area contributed by atoms with E-state index in [9.17, 15) is 4.79 Å². The number of para-hydroxylation sites is 1. The number of methoxy groups -OCH3 is 1. The average Bonchev–Trinajstić information content (AvgIpc) is 3.05. The van der Waals surface area contributed by atoms with Gasteiger partial charge in [0.1, 0.15) is 6.61 Å². The lowest BCUT2D eigenvalue weighted by molar-refractivity contribution is 0.0908. The van der Waals surface area contributed by atoms with Crippen molar-refractivity contribution < 1.29 is 14.3 Å². The minimum atomic E-state index is -0.156. The third-order valence-electron chi connectivity index (χ3n) is 4.53. The highest BCUT2D eigenvalue weighted by molar-refractivity contribution is 5.94. The van der Waals surface area contributed by atoms with Crippen LogP contribution in [0.15, 0.2) is 18.2 Å². The number of hydrogen-bond donors (Lipinski definition) is 3. The predicted molar refractivity (Wildman–Crippen MR) is 94.7 cm³/mol. The van der Waals surface area contributed by atoms with E-state index in [4.69, 9.17) is 9.47 Å². The Morgan fingerprint density at radius 2 is 2.32 bits per heavy atom. The van der Waals surface area contributed by atoms with E-state index in [-0.39, 0.29) is 24.4 Å². The van der Waals surface area contributed by atoms with Crippen LogP contribution in [0.4, 0.5) is 0 Å². The number of carbonyl (C=O) groups is 1. The minimum absolute atomic E-state index is 0. The average molecular weight is 365 g/mol. The van der Waals surface area contributed by atoms with E-state index in [1.54, 1.807) is 7.11 Å². The summed E-state index contributed by atoms with van der Waals surface area (Å²) >= 11 is 0. The summed E-state index contributed by atoms with van der Waals surface area (Å²) in [5, 5.41) is 13.5. The molecule has 4 rings (SSSR count). The fourth-order valence-corrected chi connectivity index (χ4v) is 3.31. The molecule has 2 aliphatic rings. The molecule has 1 atom stereocenters. The van der Waals surface area contributed by atoms with Crippen LogP contribution in [0.5, 0.6) is 11.5 Å². The second kappa shape index (κ2) is 7.33. The Morgan fingerprint density at radius 3 is 3.16 bits per heavy atom. The molecule has 3 heterocycles. The molecule has 0 radical (unpaired) electrons. The van der Waals surface area contributed by atoms with Crippen LogP contribution >= 0.6 is 12.4 Å². The highest BCUT2D eigenvalue weighted by atomic mass is 35.5. The molecular weight excluding hydrogens is 344 g/mol. The Kier molecular flexibility index (Phi) is 5.15. The van der Waals surface area contributed by atoms with Crippen molar-refractivity contribution in [3.63, 3.8) is 0 Å². The van der Waals surface area contributed by atoms with Crippen molar-refractivity contribution in [3.05, 3.63) is 40.7 Å². The molecule has 1 unspecified atom stereocenters. The monoisotopic (exact) mass is 364 g/mol. The van der Waals surface area contributed by atoms with E-state index in [0.717, 1.165) is 41.3 Å². The van der Waals surface area contributed by atoms with E-state index in [0.29, 0.717) is 25.3 Å². The minimum Gasteiger partial charge on any atom is -0.493 e. The van der Waals surface area contributed by atoms with Gasteiger partial charge in [-0.2, -0.15) is 5.10 Å². The molecule has 1 aromatic carbocycles. The van der Waals surface area contributed by atoms with Gasteiger partial charge in [0, 0.05) is 36.3 Å². The largest absolute Gasteiger partial charge is 0.493 e. The molecule has 3 N–H and O–H groups in total. The number of aromatic nitrogens is 2. The maximum atomic E-state index is 12.6. The number of ether oxygens (including phenoxy) is 2. The summed E-state index contributed by atoms with van der Waals surface area (Å²) in [6.45, 7) is 2.01. The quantitative estimate of drug-likeness (QED) is 0.762. The number of halogens is 1. The Morgan fingerprint density at radius 1 is 1.44 bits per heavy atom. The number of fused-ring (bicyclic) bond motifs is 2. The lowest BCUT2D eigenvalue weighted by Gasteiger charge is -2.27. The normalized spacial score (nSPS) is 18.2. The third kappa shape index (κ3) is 3.29. The SMILES string of the molecule is COc1cccc2c1OCC(NC(=O)c1n[nH]c3c1CNCC3)C2.Cl. The van der Waals surface area contributed by atoms with Crippen molar-refractivity contribution in [2.24, 2.45) is 0 Å². The van der Waals surface area contributed by atoms with E-state index >= 15 is 0 Å². The van der Waals surface area contributed by atoms with Crippen LogP contribution in [0.25, 0.3) is 0 Å². The molecule has 0 fully saturated rings. The van der Waals surface area contributed by atoms with Crippen LogP contribution in [0.1, 0.15) is 27.3 Å². The number of nitrogens with one attached hydrogen (secondary N) is 3. The zero-order valence-corrected chi connectivity index (χ0v) is 14.7. The van der Waals surface area contributed by atoms with Crippen LogP contribution < -0.4 is 20.1 Å². The molecule has 1 amide bonds. The van der Waals surface area contributed by atoms with Crippen molar-refractivity contribution in [1.29, 1.82) is 0 Å². The van der Waals surface area contributed by atoms with Crippen molar-refractivity contribution in [1.82, 2.24) is 20.8 Å². The fourth-order valence-electron chi connectivity index (χ4n) is 3.31. The smallest absolute Gasteiger partial charge is 0.272 e. The molecule has 134 valence electrons. The Hall–Kier alpha value is -2.25. The van der Waals surface area contributed by atoms with Crippen LogP contribution in [0, 0.1) is 0 Å². The first-order chi connectivity index (χ1) is 11.8. The summed E-state index contributed by atoms with van der Waals surface area (Å²) in [7, 11) is 1.63. The highest BCUT2D eigenvalue weighted by Crippen LogP contribution is 2.34. The number of aromatic amines is 1. The van der Waals surface area contributed by atoms with E-state index in [1.165, 1.54) is 0 Å². The van der Waals surface area contributed by atoms with Gasteiger partial charge in [-0.05, 0) is 12.5 Å². The Bertz CT molecular complexity index is 777. The molecular formula is C17H21ClN4O3. The number of hydrogen-bond acceptors (Lipinski definition) is 5. The zero-order valence-electron chi connectivity index (χ0n) is 13.9. The summed E-state index contributed by atoms with van der Waals surface area (Å²) in [5.41, 5.74) is 3.54. The molecule has 0 saturated carbocycles. The van der Waals surface area contributed by atoms with Crippen molar-refractivity contribution in [3.8, 4) is 11.5 Å². The molecule has 7 nitrogen and oxygen atoms in total. The molecule has 0 spiro atoms. The van der Waals surface area contributed by atoms with E-state index in [2.05, 4.69) is 20.8 Å². The topological polar surface area (TPSA) is 88.3 Å². The summed E-state index contributed by atoms with van der Waals surface area (Å²) in [4.78, 5) is 12.6. The van der Waals surface area contributed by atoms with Gasteiger partial charge in [0.25, 0.3) is 5.91 Å². The first kappa shape index (κ1) is 17.6. The summed E-state index contributed by atoms with van der Waals surface area (Å²) in [6, 6.07) is 5.72. The highest BCUT2D eigenvalue weighted by Gasteiger charge is 2.27. The number of amides is 1. The molecule has 2 aliphatic heterocycles. The van der Waals surface area contributed by atoms with Gasteiger partial charge in [0.05, 0.1) is 13.2 Å². The Labute approximate surface area is 151 Å². The number of nitrogens with zero attached hydrogens (tertiary/aromatic N) is 1. The van der Waals surface area contributed by atoms with Gasteiger partial charge in [-0.15, -0.1) is 12.4 Å². The van der Waals surface area contributed by atoms with Gasteiger partial charge >= 0.3 is 0 Å². The first-order valence-corrected chi connectivity index (χ1v) is 8.12. The fraction of sp³-hybridized carbons (Fsp3) is 0.412. The van der Waals surface area contributed by atoms with Crippen LogP contribution in [0.2, 0.25) is 0 Å². The second-order valence-corrected chi connectivity index (χ2v) is 6.09. The standard InChI is InChI=1S/C17H20N4O3.ClH/c1-23-14-4-2-3-10-7-11(9-24-16(10)14)19-17(22)15-12-8-18-6-5-13(12)20-21-15;/h2-4,11,18H,5-9H2,1H3,(H,19,22)(H,20,21);1H. The first-order valence-electron chi connectivity index (χ1n) is 8.12. The van der Waals surface area contributed by atoms with E-state index in [1.807, 2.05) is 18.2 Å². The molecule has 8 heteroatoms. The summed E-state index contributed by atoms with van der Waals surface area (Å²) in [5.74, 6) is 1.34. The number of rotatable bonds is 3. The van der Waals surface area contributed by atoms with Gasteiger partial charge in [0.2, 0.25) is 0 Å². The maximum absolute atomic E-state index is 12.6. The molecule has 0 saturated heterocycles. The lowest BCUT2D eigenvalue weighted by Crippen LogP contribution is -2.43. The molecule has 1 aromatic heterocycles. The van der Waals surface area contributed by atoms with Gasteiger partial charge < -0.3 is 20.1 Å². The lowest BCUT2D eigenvalue weighted by atomic mass is 10.0. The number of carbonyl (C=O) groups excluding carboxylic acids is 1. The van der Waals surface area contributed by atoms with Crippen LogP contribution in [-0.2, 0) is 19.4 Å². The van der Waals surface area contributed by atoms with Crippen molar-refractivity contribution >= 4 is 18.3 Å². The molecule has 0 aliphatic carbocycles. The van der Waals surface area contributed by atoms with Gasteiger partial charge in [-0.1, -0.05) is 12.1 Å². The summed E-state index contributed by atoms with van der Waals surface area (Å²) < 4.78 is 11.1. The van der Waals surface area contributed by atoms with Gasteiger partial charge in [-0.25, -0.2) is 0 Å². The van der Waals surface area contributed by atoms with Crippen molar-refractivity contribution in [2.75, 3.05) is 20.3 Å². The zero-order chi connectivity index (χ0) is 16.5. The molecule has 2 aromatic rings. The van der Waals surface area contributed by atoms with Gasteiger partial charge in [-0.3, -0.25) is 9.89 Å². The molecule has 25 heavy (non-hydrogen) atoms. The summed E-state index contributed by atoms with van der Waals surface area (Å²) in [6.07, 6.45) is 1.58. The number of H-pyrrole nitrogens is 1. The maximum Gasteiger partial charge on any atom is 0.272 e. The number of benzene rings is 1. The van der Waals surface area contributed by atoms with Crippen LogP contribution in [-0.4, -0.2) is 42.4 Å². The third-order valence-corrected chi connectivity index (χ3v) is 4.53. The Balaban J connectivity index is 0.00000182. The molecule has 0 bridgehead atoms. The second-order valence-electron chi connectivity index (χ2n) is 6.09. The van der Waals surface area contributed by atoms with Crippen molar-refractivity contribution in [2.45, 2.75) is 25.4 Å². The van der Waals surface area contributed by atoms with Gasteiger partial charge in [0.15, 0.2) is 17.2 Å². The van der Waals surface area contributed by atoms with Crippen LogP contribution in [0.3, 0.4) is 0 Å².